The number of hydrogen-bond donors (Lipinski definition) is 1. The van der Waals surface area contributed by atoms with Crippen LogP contribution >= 0.6 is 0 Å². The van der Waals surface area contributed by atoms with Gasteiger partial charge in [0.15, 0.2) is 0 Å². The molecule has 0 bridgehead atoms. The molecule has 0 radical (unpaired) electrons. The molecule has 0 aliphatic carbocycles. The number of benzene rings is 2. The van der Waals surface area contributed by atoms with Crippen LogP contribution in [-0.2, 0) is 6.18 Å². The van der Waals surface area contributed by atoms with E-state index in [9.17, 15) is 22.4 Å². The van der Waals surface area contributed by atoms with Gasteiger partial charge in [-0.1, -0.05) is 12.1 Å². The first kappa shape index (κ1) is 21.5. The van der Waals surface area contributed by atoms with Crippen molar-refractivity contribution in [2.45, 2.75) is 25.6 Å². The second kappa shape index (κ2) is 8.45. The van der Waals surface area contributed by atoms with E-state index in [0.717, 1.165) is 17.7 Å². The highest BCUT2D eigenvalue weighted by atomic mass is 19.4. The van der Waals surface area contributed by atoms with Crippen molar-refractivity contribution in [2.75, 3.05) is 11.9 Å². The lowest BCUT2D eigenvalue weighted by molar-refractivity contribution is -0.137. The summed E-state index contributed by atoms with van der Waals surface area (Å²) in [6, 6.07) is 9.13. The molecule has 166 valence electrons. The third kappa shape index (κ3) is 4.63. The van der Waals surface area contributed by atoms with Gasteiger partial charge in [0.05, 0.1) is 23.5 Å². The summed E-state index contributed by atoms with van der Waals surface area (Å²) >= 11 is 0. The second-order valence-corrected chi connectivity index (χ2v) is 7.43. The summed E-state index contributed by atoms with van der Waals surface area (Å²) in [7, 11) is 0. The number of hydrogen-bond acceptors (Lipinski definition) is 3. The van der Waals surface area contributed by atoms with Gasteiger partial charge in [0, 0.05) is 24.0 Å². The lowest BCUT2D eigenvalue weighted by Gasteiger charge is -2.30. The van der Waals surface area contributed by atoms with Crippen molar-refractivity contribution in [1.29, 1.82) is 0 Å². The predicted molar refractivity (Wildman–Crippen MR) is 111 cm³/mol. The Balaban J connectivity index is 1.60. The van der Waals surface area contributed by atoms with Gasteiger partial charge in [0.25, 0.3) is 0 Å². The lowest BCUT2D eigenvalue weighted by Crippen LogP contribution is -2.39. The topological polar surface area (TPSA) is 62.5 Å². The maximum absolute atomic E-state index is 13.9. The first-order valence-electron chi connectivity index (χ1n) is 9.82. The number of carbonyl (C=O) groups is 1. The van der Waals surface area contributed by atoms with E-state index in [1.165, 1.54) is 29.3 Å². The molecule has 0 fully saturated rings. The molecule has 0 saturated heterocycles. The Hall–Kier alpha value is -3.69. The van der Waals surface area contributed by atoms with E-state index in [4.69, 9.17) is 0 Å². The molecule has 0 spiro atoms. The van der Waals surface area contributed by atoms with E-state index in [2.05, 4.69) is 15.5 Å². The molecule has 3 aromatic rings. The lowest BCUT2D eigenvalue weighted by atomic mass is 9.99. The number of nitrogens with one attached hydrogen (secondary N) is 1. The molecule has 1 aliphatic rings. The summed E-state index contributed by atoms with van der Waals surface area (Å²) in [4.78, 5) is 12.7. The summed E-state index contributed by atoms with van der Waals surface area (Å²) in [5.74, 6) is -0.438. The van der Waals surface area contributed by atoms with E-state index < -0.39 is 23.6 Å². The minimum absolute atomic E-state index is 0.204. The summed E-state index contributed by atoms with van der Waals surface area (Å²) < 4.78 is 53.8. The van der Waals surface area contributed by atoms with Gasteiger partial charge >= 0.3 is 12.2 Å². The Morgan fingerprint density at radius 1 is 1.16 bits per heavy atom. The molecule has 10 heteroatoms. The molecule has 1 N–H and O–H groups in total. The van der Waals surface area contributed by atoms with Crippen LogP contribution < -0.4 is 5.32 Å². The Labute approximate surface area is 181 Å². The van der Waals surface area contributed by atoms with Crippen molar-refractivity contribution < 1.29 is 22.4 Å². The molecule has 1 unspecified atom stereocenters. The van der Waals surface area contributed by atoms with Crippen molar-refractivity contribution in [3.05, 3.63) is 83.4 Å². The number of aromatic nitrogens is 2. The molecule has 1 aromatic heterocycles. The predicted octanol–water partition coefficient (Wildman–Crippen LogP) is 5.23. The van der Waals surface area contributed by atoms with E-state index >= 15 is 0 Å². The molecule has 0 saturated carbocycles. The van der Waals surface area contributed by atoms with Crippen molar-refractivity contribution in [1.82, 2.24) is 14.8 Å². The van der Waals surface area contributed by atoms with E-state index in [1.807, 2.05) is 13.1 Å². The SMILES string of the molecule is Cc1cnn(C2CCN(C(=O)Nc3ccc(C(F)(F)F)cc3)N=C2c2cccc(F)c2)c1. The van der Waals surface area contributed by atoms with E-state index in [0.29, 0.717) is 17.7 Å². The van der Waals surface area contributed by atoms with Crippen molar-refractivity contribution in [3.8, 4) is 0 Å². The molecular weight excluding hydrogens is 426 g/mol. The monoisotopic (exact) mass is 445 g/mol. The minimum atomic E-state index is -4.46. The maximum Gasteiger partial charge on any atom is 0.416 e. The molecule has 2 heterocycles. The van der Waals surface area contributed by atoms with Gasteiger partial charge < -0.3 is 5.32 Å². The molecule has 32 heavy (non-hydrogen) atoms. The molecule has 2 amide bonds. The maximum atomic E-state index is 13.9. The van der Waals surface area contributed by atoms with Crippen LogP contribution in [0.5, 0.6) is 0 Å². The van der Waals surface area contributed by atoms with Crippen LogP contribution in [0.4, 0.5) is 28.0 Å². The first-order chi connectivity index (χ1) is 15.2. The number of rotatable bonds is 3. The van der Waals surface area contributed by atoms with Crippen molar-refractivity contribution in [3.63, 3.8) is 0 Å². The van der Waals surface area contributed by atoms with Gasteiger partial charge in [-0.05, 0) is 55.3 Å². The summed E-state index contributed by atoms with van der Waals surface area (Å²) in [6.07, 6.45) is -0.444. The van der Waals surface area contributed by atoms with Crippen molar-refractivity contribution >= 4 is 17.4 Å². The molecule has 4 rings (SSSR count). The van der Waals surface area contributed by atoms with Crippen LogP contribution in [0.1, 0.15) is 29.2 Å². The first-order valence-corrected chi connectivity index (χ1v) is 9.82. The van der Waals surface area contributed by atoms with Crippen LogP contribution in [0.3, 0.4) is 0 Å². The van der Waals surface area contributed by atoms with Gasteiger partial charge in [0.2, 0.25) is 0 Å². The smallest absolute Gasteiger partial charge is 0.306 e. The van der Waals surface area contributed by atoms with Gasteiger partial charge in [-0.25, -0.2) is 14.2 Å². The zero-order valence-electron chi connectivity index (χ0n) is 17.0. The van der Waals surface area contributed by atoms with Crippen LogP contribution in [0.2, 0.25) is 0 Å². The zero-order valence-corrected chi connectivity index (χ0v) is 17.0. The Kier molecular flexibility index (Phi) is 5.68. The summed E-state index contributed by atoms with van der Waals surface area (Å²) in [5, 5.41) is 12.5. The Morgan fingerprint density at radius 2 is 1.91 bits per heavy atom. The van der Waals surface area contributed by atoms with Crippen LogP contribution in [-0.4, -0.2) is 33.1 Å². The number of halogens is 4. The number of aryl methyl sites for hydroxylation is 1. The number of amides is 2. The van der Waals surface area contributed by atoms with E-state index in [-0.39, 0.29) is 18.3 Å². The minimum Gasteiger partial charge on any atom is -0.306 e. The standard InChI is InChI=1S/C22H19F4N5O/c1-14-12-27-31(13-14)19-9-10-30(29-20(19)15-3-2-4-17(23)11-15)21(32)28-18-7-5-16(6-8-18)22(24,25)26/h2-8,11-13,19H,9-10H2,1H3,(H,28,32). The number of carbonyl (C=O) groups excluding carboxylic acids is 1. The van der Waals surface area contributed by atoms with Crippen LogP contribution in [0.25, 0.3) is 0 Å². The third-order valence-electron chi connectivity index (χ3n) is 5.03. The highest BCUT2D eigenvalue weighted by Gasteiger charge is 2.31. The van der Waals surface area contributed by atoms with Crippen LogP contribution in [0.15, 0.2) is 66.0 Å². The van der Waals surface area contributed by atoms with Gasteiger partial charge in [-0.15, -0.1) is 0 Å². The molecule has 1 atom stereocenters. The molecule has 1 aliphatic heterocycles. The van der Waals surface area contributed by atoms with Gasteiger partial charge in [-0.3, -0.25) is 4.68 Å². The van der Waals surface area contributed by atoms with Gasteiger partial charge in [0.1, 0.15) is 5.82 Å². The largest absolute Gasteiger partial charge is 0.416 e. The fraction of sp³-hybridized carbons (Fsp3) is 0.227. The quantitative estimate of drug-likeness (QED) is 0.561. The average molecular weight is 445 g/mol. The summed E-state index contributed by atoms with van der Waals surface area (Å²) in [6.45, 7) is 2.14. The second-order valence-electron chi connectivity index (χ2n) is 7.43. The summed E-state index contributed by atoms with van der Waals surface area (Å²) in [5.41, 5.74) is 1.32. The number of anilines is 1. The van der Waals surface area contributed by atoms with E-state index in [1.54, 1.807) is 23.0 Å². The Bertz CT molecular complexity index is 1150. The Morgan fingerprint density at radius 3 is 2.53 bits per heavy atom. The number of urea groups is 1. The number of hydrazone groups is 1. The molecule has 2 aromatic carbocycles. The molecule has 6 nitrogen and oxygen atoms in total. The van der Waals surface area contributed by atoms with Crippen molar-refractivity contribution in [2.24, 2.45) is 5.10 Å². The number of alkyl halides is 3. The third-order valence-corrected chi connectivity index (χ3v) is 5.03. The zero-order chi connectivity index (χ0) is 22.9. The highest BCUT2D eigenvalue weighted by molar-refractivity contribution is 6.04. The van der Waals surface area contributed by atoms with Crippen LogP contribution in [0, 0.1) is 12.7 Å². The average Bonchev–Trinajstić information content (AvgIpc) is 3.19. The fourth-order valence-corrected chi connectivity index (χ4v) is 3.46. The van der Waals surface area contributed by atoms with Gasteiger partial charge in [-0.2, -0.15) is 23.4 Å². The molecular formula is C22H19F4N5O. The highest BCUT2D eigenvalue weighted by Crippen LogP contribution is 2.30. The normalized spacial score (nSPS) is 16.6. The number of nitrogens with zero attached hydrogens (tertiary/aromatic N) is 4. The fourth-order valence-electron chi connectivity index (χ4n) is 3.46.